The average Bonchev–Trinajstić information content (AvgIpc) is 2.74. The minimum Gasteiger partial charge on any atom is -0.465 e. The van der Waals surface area contributed by atoms with Gasteiger partial charge in [0.15, 0.2) is 0 Å². The third-order valence-electron chi connectivity index (χ3n) is 7.45. The summed E-state index contributed by atoms with van der Waals surface area (Å²) in [7, 11) is 1.34. The first-order chi connectivity index (χ1) is 14.4. The first-order valence-corrected chi connectivity index (χ1v) is 11.0. The molecule has 2 atom stereocenters. The minimum atomic E-state index is -0.416. The summed E-state index contributed by atoms with van der Waals surface area (Å²) in [6.45, 7) is 7.95. The molecule has 0 aromatic heterocycles. The lowest BCUT2D eigenvalue weighted by Gasteiger charge is -2.57. The van der Waals surface area contributed by atoms with E-state index in [9.17, 15) is 9.59 Å². The number of hydrogen-bond donors (Lipinski definition) is 2. The number of piperidine rings is 1. The number of methoxy groups -OCH3 is 1. The zero-order chi connectivity index (χ0) is 21.3. The number of anilines is 1. The summed E-state index contributed by atoms with van der Waals surface area (Å²) in [5, 5.41) is 5.90. The molecule has 0 unspecified atom stereocenters. The molecule has 2 fully saturated rings. The number of carbonyl (C=O) groups excluding carboxylic acids is 2. The van der Waals surface area contributed by atoms with E-state index in [2.05, 4.69) is 35.5 Å². The maximum Gasteiger partial charge on any atom is 0.337 e. The van der Waals surface area contributed by atoms with E-state index >= 15 is 0 Å². The van der Waals surface area contributed by atoms with Gasteiger partial charge in [-0.25, -0.2) is 9.59 Å². The van der Waals surface area contributed by atoms with Crippen molar-refractivity contribution in [2.45, 2.75) is 45.6 Å². The normalized spacial score (nSPS) is 25.6. The van der Waals surface area contributed by atoms with Crippen LogP contribution in [0.3, 0.4) is 0 Å². The van der Waals surface area contributed by atoms with Gasteiger partial charge in [0.1, 0.15) is 0 Å². The zero-order valence-electron chi connectivity index (χ0n) is 18.2. The van der Waals surface area contributed by atoms with E-state index in [1.165, 1.54) is 20.0 Å². The van der Waals surface area contributed by atoms with Crippen LogP contribution >= 0.6 is 0 Å². The molecule has 2 amide bonds. The minimum absolute atomic E-state index is 0.176. The van der Waals surface area contributed by atoms with Crippen molar-refractivity contribution in [3.05, 3.63) is 41.5 Å². The number of carbonyl (C=O) groups is 2. The molecular formula is C24H33N3O3. The monoisotopic (exact) mass is 411 g/mol. The van der Waals surface area contributed by atoms with Crippen molar-refractivity contribution in [3.8, 4) is 0 Å². The standard InChI is InChI=1S/C24H33N3O3/c1-24(2)18-8-7-17(21(24)14-18)15-27-11-9-19(10-12-27)25-23(29)26-20-6-4-5-16(13-20)22(28)30-3/h4-7,13,18-19,21H,8-12,14-15H2,1-3H3,(H2,25,26,29)/t18-,21+/m0/s1. The molecule has 5 rings (SSSR count). The van der Waals surface area contributed by atoms with Gasteiger partial charge in [0.25, 0.3) is 0 Å². The van der Waals surface area contributed by atoms with E-state index in [0.717, 1.165) is 44.3 Å². The lowest BCUT2D eigenvalue weighted by Crippen LogP contribution is -2.51. The number of ether oxygens (including phenoxy) is 1. The van der Waals surface area contributed by atoms with Crippen LogP contribution in [0.4, 0.5) is 10.5 Å². The Morgan fingerprint density at radius 2 is 2.00 bits per heavy atom. The van der Waals surface area contributed by atoms with Crippen LogP contribution in [0, 0.1) is 17.3 Å². The molecule has 3 aliphatic carbocycles. The van der Waals surface area contributed by atoms with Crippen molar-refractivity contribution in [2.75, 3.05) is 32.1 Å². The van der Waals surface area contributed by atoms with E-state index in [1.807, 2.05) is 0 Å². The molecule has 162 valence electrons. The summed E-state index contributed by atoms with van der Waals surface area (Å²) >= 11 is 0. The van der Waals surface area contributed by atoms with Gasteiger partial charge in [-0.2, -0.15) is 0 Å². The Morgan fingerprint density at radius 3 is 2.67 bits per heavy atom. The Balaban J connectivity index is 1.23. The smallest absolute Gasteiger partial charge is 0.337 e. The molecule has 4 aliphatic rings. The highest BCUT2D eigenvalue weighted by atomic mass is 16.5. The number of rotatable bonds is 5. The number of esters is 1. The second-order valence-corrected chi connectivity index (χ2v) is 9.54. The van der Waals surface area contributed by atoms with Crippen molar-refractivity contribution >= 4 is 17.7 Å². The van der Waals surface area contributed by atoms with Crippen LogP contribution in [0.1, 0.15) is 49.9 Å². The molecule has 1 aliphatic heterocycles. The third kappa shape index (κ3) is 4.24. The topological polar surface area (TPSA) is 70.7 Å². The third-order valence-corrected chi connectivity index (χ3v) is 7.45. The summed E-state index contributed by atoms with van der Waals surface area (Å²) in [5.41, 5.74) is 3.12. The fourth-order valence-electron chi connectivity index (χ4n) is 5.34. The molecule has 1 aromatic rings. The second-order valence-electron chi connectivity index (χ2n) is 9.54. The molecule has 1 saturated carbocycles. The fraction of sp³-hybridized carbons (Fsp3) is 0.583. The number of nitrogens with one attached hydrogen (secondary N) is 2. The van der Waals surface area contributed by atoms with E-state index in [1.54, 1.807) is 29.8 Å². The molecular weight excluding hydrogens is 378 g/mol. The van der Waals surface area contributed by atoms with E-state index < -0.39 is 5.97 Å². The largest absolute Gasteiger partial charge is 0.465 e. The van der Waals surface area contributed by atoms with Crippen LogP contribution in [-0.4, -0.2) is 49.7 Å². The van der Waals surface area contributed by atoms with Gasteiger partial charge < -0.3 is 15.4 Å². The summed E-state index contributed by atoms with van der Waals surface area (Å²) < 4.78 is 4.73. The van der Waals surface area contributed by atoms with Crippen LogP contribution in [-0.2, 0) is 4.74 Å². The van der Waals surface area contributed by atoms with Crippen LogP contribution in [0.15, 0.2) is 35.9 Å². The Morgan fingerprint density at radius 1 is 1.23 bits per heavy atom. The van der Waals surface area contributed by atoms with Gasteiger partial charge >= 0.3 is 12.0 Å². The lowest BCUT2D eigenvalue weighted by atomic mass is 9.49. The summed E-state index contributed by atoms with van der Waals surface area (Å²) in [6, 6.07) is 6.73. The van der Waals surface area contributed by atoms with Crippen LogP contribution in [0.25, 0.3) is 0 Å². The molecule has 1 saturated heterocycles. The number of fused-ring (bicyclic) bond motifs is 1. The van der Waals surface area contributed by atoms with Gasteiger partial charge in [0.2, 0.25) is 0 Å². The van der Waals surface area contributed by atoms with Crippen molar-refractivity contribution in [3.63, 3.8) is 0 Å². The van der Waals surface area contributed by atoms with Crippen molar-refractivity contribution in [1.82, 2.24) is 10.2 Å². The highest BCUT2D eigenvalue weighted by molar-refractivity contribution is 5.93. The number of likely N-dealkylation sites (tertiary alicyclic amines) is 1. The number of hydrogen-bond acceptors (Lipinski definition) is 4. The number of urea groups is 1. The van der Waals surface area contributed by atoms with Crippen molar-refractivity contribution in [1.29, 1.82) is 0 Å². The first kappa shape index (κ1) is 20.9. The van der Waals surface area contributed by atoms with Gasteiger partial charge in [0.05, 0.1) is 12.7 Å². The van der Waals surface area contributed by atoms with Gasteiger partial charge in [0, 0.05) is 31.4 Å². The molecule has 6 nitrogen and oxygen atoms in total. The van der Waals surface area contributed by atoms with Crippen molar-refractivity contribution in [2.24, 2.45) is 17.3 Å². The fourth-order valence-corrected chi connectivity index (χ4v) is 5.34. The molecule has 1 aromatic carbocycles. The van der Waals surface area contributed by atoms with E-state index in [4.69, 9.17) is 4.74 Å². The lowest BCUT2D eigenvalue weighted by molar-refractivity contribution is -0.0113. The van der Waals surface area contributed by atoms with Gasteiger partial charge in [-0.15, -0.1) is 0 Å². The Hall–Kier alpha value is -2.34. The number of amides is 2. The van der Waals surface area contributed by atoms with Crippen molar-refractivity contribution < 1.29 is 14.3 Å². The second kappa shape index (κ2) is 8.42. The molecule has 30 heavy (non-hydrogen) atoms. The summed E-state index contributed by atoms with van der Waals surface area (Å²) in [6.07, 6.45) is 7.02. The Bertz CT molecular complexity index is 840. The molecule has 2 bridgehead atoms. The Labute approximate surface area is 179 Å². The molecule has 1 heterocycles. The zero-order valence-corrected chi connectivity index (χ0v) is 18.2. The molecule has 0 spiro atoms. The van der Waals surface area contributed by atoms with Crippen LogP contribution < -0.4 is 10.6 Å². The quantitative estimate of drug-likeness (QED) is 0.566. The van der Waals surface area contributed by atoms with Gasteiger partial charge in [-0.05, 0) is 61.1 Å². The number of nitrogens with zero attached hydrogens (tertiary/aromatic N) is 1. The van der Waals surface area contributed by atoms with Crippen LogP contribution in [0.5, 0.6) is 0 Å². The van der Waals surface area contributed by atoms with Crippen LogP contribution in [0.2, 0.25) is 0 Å². The highest BCUT2D eigenvalue weighted by Gasteiger charge is 2.51. The predicted octanol–water partition coefficient (Wildman–Crippen LogP) is 4.05. The summed E-state index contributed by atoms with van der Waals surface area (Å²) in [5.74, 6) is 1.23. The van der Waals surface area contributed by atoms with Gasteiger partial charge in [-0.1, -0.05) is 31.6 Å². The Kier molecular flexibility index (Phi) is 5.87. The maximum absolute atomic E-state index is 12.4. The molecule has 2 N–H and O–H groups in total. The van der Waals surface area contributed by atoms with E-state index in [0.29, 0.717) is 16.7 Å². The van der Waals surface area contributed by atoms with E-state index in [-0.39, 0.29) is 12.1 Å². The SMILES string of the molecule is COC(=O)c1cccc(NC(=O)NC2CCN(CC3=CC[C@H]4C[C@H]3C4(C)C)CC2)c1. The number of benzene rings is 1. The number of allylic oxidation sites excluding steroid dienone is 1. The summed E-state index contributed by atoms with van der Waals surface area (Å²) in [4.78, 5) is 26.6. The highest BCUT2D eigenvalue weighted by Crippen LogP contribution is 2.59. The molecule has 0 radical (unpaired) electrons. The predicted molar refractivity (Wildman–Crippen MR) is 117 cm³/mol. The average molecular weight is 412 g/mol. The maximum atomic E-state index is 12.4. The first-order valence-electron chi connectivity index (χ1n) is 11.0. The van der Waals surface area contributed by atoms with Gasteiger partial charge in [-0.3, -0.25) is 4.90 Å². The molecule has 6 heteroatoms.